The quantitative estimate of drug-likeness (QED) is 0.525. The Labute approximate surface area is 152 Å². The molecule has 0 bridgehead atoms. The first kappa shape index (κ1) is 17.1. The molecule has 6 nitrogen and oxygen atoms in total. The maximum atomic E-state index is 12.2. The number of carbonyl (C=O) groups is 1. The smallest absolute Gasteiger partial charge is 0.273 e. The van der Waals surface area contributed by atoms with Gasteiger partial charge in [0.15, 0.2) is 5.13 Å². The number of benzene rings is 2. The Balaban J connectivity index is 1.70. The second-order valence-corrected chi connectivity index (χ2v) is 6.45. The Bertz CT molecular complexity index is 925. The van der Waals surface area contributed by atoms with Crippen LogP contribution >= 0.6 is 22.9 Å². The zero-order chi connectivity index (χ0) is 17.8. The highest BCUT2D eigenvalue weighted by Gasteiger charge is 2.16. The maximum Gasteiger partial charge on any atom is 0.273 e. The number of nitro benzene ring substituents is 1. The van der Waals surface area contributed by atoms with Crippen LogP contribution in [-0.4, -0.2) is 15.8 Å². The summed E-state index contributed by atoms with van der Waals surface area (Å²) in [6, 6.07) is 13.4. The van der Waals surface area contributed by atoms with Crippen LogP contribution in [0.2, 0.25) is 5.02 Å². The first-order chi connectivity index (χ1) is 12.0. The molecule has 0 saturated heterocycles. The van der Waals surface area contributed by atoms with Crippen LogP contribution in [0.1, 0.15) is 5.56 Å². The topological polar surface area (TPSA) is 85.1 Å². The van der Waals surface area contributed by atoms with Crippen LogP contribution in [0.5, 0.6) is 0 Å². The molecular weight excluding hydrogens is 362 g/mol. The molecule has 0 radical (unpaired) electrons. The second-order valence-electron chi connectivity index (χ2n) is 5.16. The van der Waals surface area contributed by atoms with E-state index in [0.29, 0.717) is 15.7 Å². The second kappa shape index (κ2) is 7.42. The van der Waals surface area contributed by atoms with E-state index in [4.69, 9.17) is 11.6 Å². The Morgan fingerprint density at radius 1 is 1.20 bits per heavy atom. The molecule has 0 fully saturated rings. The van der Waals surface area contributed by atoms with Gasteiger partial charge < -0.3 is 5.32 Å². The highest BCUT2D eigenvalue weighted by Crippen LogP contribution is 2.26. The molecule has 0 spiro atoms. The van der Waals surface area contributed by atoms with E-state index < -0.39 is 4.92 Å². The molecule has 0 aliphatic rings. The molecule has 1 aromatic heterocycles. The summed E-state index contributed by atoms with van der Waals surface area (Å²) < 4.78 is 0. The number of nitro groups is 1. The summed E-state index contributed by atoms with van der Waals surface area (Å²) in [5.41, 5.74) is 1.90. The summed E-state index contributed by atoms with van der Waals surface area (Å²) in [5.74, 6) is -0.355. The van der Waals surface area contributed by atoms with Gasteiger partial charge in [-0.25, -0.2) is 4.98 Å². The van der Waals surface area contributed by atoms with Crippen LogP contribution < -0.4 is 5.32 Å². The molecule has 2 aromatic carbocycles. The zero-order valence-corrected chi connectivity index (χ0v) is 14.4. The van der Waals surface area contributed by atoms with E-state index in [2.05, 4.69) is 10.3 Å². The molecule has 0 aliphatic carbocycles. The van der Waals surface area contributed by atoms with Gasteiger partial charge in [-0.1, -0.05) is 41.9 Å². The SMILES string of the molecule is O=C(Cc1ccccc1[N+](=O)[O-])Nc1nc(-c2ccc(Cl)cc2)cs1. The third kappa shape index (κ3) is 4.20. The Hall–Kier alpha value is -2.77. The van der Waals surface area contributed by atoms with Crippen molar-refractivity contribution in [3.8, 4) is 11.3 Å². The lowest BCUT2D eigenvalue weighted by Crippen LogP contribution is -2.15. The van der Waals surface area contributed by atoms with Crippen LogP contribution in [0.25, 0.3) is 11.3 Å². The standard InChI is InChI=1S/C17H12ClN3O3S/c18-13-7-5-11(6-8-13)14-10-25-17(19-14)20-16(22)9-12-3-1-2-4-15(12)21(23)24/h1-8,10H,9H2,(H,19,20,22). The van der Waals surface area contributed by atoms with Gasteiger partial charge in [0.2, 0.25) is 5.91 Å². The molecular formula is C17H12ClN3O3S. The van der Waals surface area contributed by atoms with E-state index >= 15 is 0 Å². The summed E-state index contributed by atoms with van der Waals surface area (Å²) in [5, 5.41) is 16.6. The molecule has 1 N–H and O–H groups in total. The van der Waals surface area contributed by atoms with E-state index in [0.717, 1.165) is 11.3 Å². The zero-order valence-electron chi connectivity index (χ0n) is 12.8. The van der Waals surface area contributed by atoms with Crippen molar-refractivity contribution in [2.24, 2.45) is 0 Å². The number of thiazole rings is 1. The van der Waals surface area contributed by atoms with Gasteiger partial charge in [0.1, 0.15) is 0 Å². The van der Waals surface area contributed by atoms with Crippen molar-refractivity contribution in [2.45, 2.75) is 6.42 Å². The summed E-state index contributed by atoms with van der Waals surface area (Å²) in [6.07, 6.45) is -0.0903. The molecule has 3 rings (SSSR count). The minimum Gasteiger partial charge on any atom is -0.302 e. The Morgan fingerprint density at radius 2 is 1.92 bits per heavy atom. The summed E-state index contributed by atoms with van der Waals surface area (Å²) >= 11 is 7.15. The van der Waals surface area contributed by atoms with Crippen LogP contribution in [-0.2, 0) is 11.2 Å². The number of hydrogen-bond acceptors (Lipinski definition) is 5. The first-order valence-corrected chi connectivity index (χ1v) is 8.52. The summed E-state index contributed by atoms with van der Waals surface area (Å²) in [4.78, 5) is 27.0. The third-order valence-corrected chi connectivity index (χ3v) is 4.44. The molecule has 0 unspecified atom stereocenters. The van der Waals surface area contributed by atoms with Gasteiger partial charge in [-0.3, -0.25) is 14.9 Å². The van der Waals surface area contributed by atoms with Crippen molar-refractivity contribution in [3.05, 3.63) is 74.6 Å². The van der Waals surface area contributed by atoms with Crippen LogP contribution in [0, 0.1) is 10.1 Å². The van der Waals surface area contributed by atoms with Crippen molar-refractivity contribution in [2.75, 3.05) is 5.32 Å². The molecule has 25 heavy (non-hydrogen) atoms. The minimum absolute atomic E-state index is 0.0707. The van der Waals surface area contributed by atoms with Gasteiger partial charge in [-0.05, 0) is 12.1 Å². The van der Waals surface area contributed by atoms with E-state index in [1.54, 1.807) is 30.3 Å². The average molecular weight is 374 g/mol. The molecule has 0 saturated carbocycles. The number of nitrogens with one attached hydrogen (secondary N) is 1. The highest BCUT2D eigenvalue weighted by atomic mass is 35.5. The number of aromatic nitrogens is 1. The van der Waals surface area contributed by atoms with E-state index in [9.17, 15) is 14.9 Å². The lowest BCUT2D eigenvalue weighted by atomic mass is 10.1. The van der Waals surface area contributed by atoms with Crippen LogP contribution in [0.4, 0.5) is 10.8 Å². The number of carbonyl (C=O) groups excluding carboxylic acids is 1. The van der Waals surface area contributed by atoms with Gasteiger partial charge in [0.25, 0.3) is 5.69 Å². The van der Waals surface area contributed by atoms with Gasteiger partial charge in [-0.15, -0.1) is 11.3 Å². The fourth-order valence-electron chi connectivity index (χ4n) is 2.26. The third-order valence-electron chi connectivity index (χ3n) is 3.43. The molecule has 3 aromatic rings. The lowest BCUT2D eigenvalue weighted by molar-refractivity contribution is -0.385. The Morgan fingerprint density at radius 3 is 2.64 bits per heavy atom. The van der Waals surface area contributed by atoms with Crippen molar-refractivity contribution in [3.63, 3.8) is 0 Å². The number of rotatable bonds is 5. The van der Waals surface area contributed by atoms with E-state index in [1.807, 2.05) is 17.5 Å². The summed E-state index contributed by atoms with van der Waals surface area (Å²) in [7, 11) is 0. The fourth-order valence-corrected chi connectivity index (χ4v) is 3.12. The van der Waals surface area contributed by atoms with Crippen LogP contribution in [0.3, 0.4) is 0 Å². The molecule has 1 amide bonds. The number of hydrogen-bond donors (Lipinski definition) is 1. The monoisotopic (exact) mass is 373 g/mol. The van der Waals surface area contributed by atoms with Crippen molar-refractivity contribution in [1.82, 2.24) is 4.98 Å². The normalized spacial score (nSPS) is 10.4. The predicted octanol–water partition coefficient (Wildman–Crippen LogP) is 4.55. The molecule has 8 heteroatoms. The van der Waals surface area contributed by atoms with E-state index in [-0.39, 0.29) is 18.0 Å². The van der Waals surface area contributed by atoms with E-state index in [1.165, 1.54) is 17.4 Å². The highest BCUT2D eigenvalue weighted by molar-refractivity contribution is 7.14. The number of para-hydroxylation sites is 1. The maximum absolute atomic E-state index is 12.2. The van der Waals surface area contributed by atoms with Gasteiger partial charge in [0.05, 0.1) is 17.0 Å². The number of nitrogens with zero attached hydrogens (tertiary/aromatic N) is 2. The number of halogens is 1. The van der Waals surface area contributed by atoms with Crippen molar-refractivity contribution < 1.29 is 9.72 Å². The number of anilines is 1. The molecule has 126 valence electrons. The number of amides is 1. The largest absolute Gasteiger partial charge is 0.302 e. The van der Waals surface area contributed by atoms with Crippen molar-refractivity contribution in [1.29, 1.82) is 0 Å². The average Bonchev–Trinajstić information content (AvgIpc) is 3.04. The minimum atomic E-state index is -0.495. The molecule has 1 heterocycles. The van der Waals surface area contributed by atoms with Crippen LogP contribution in [0.15, 0.2) is 53.9 Å². The predicted molar refractivity (Wildman–Crippen MR) is 98.0 cm³/mol. The Kier molecular flexibility index (Phi) is 5.06. The lowest BCUT2D eigenvalue weighted by Gasteiger charge is -2.03. The van der Waals surface area contributed by atoms with Crippen molar-refractivity contribution >= 4 is 39.7 Å². The molecule has 0 atom stereocenters. The fraction of sp³-hybridized carbons (Fsp3) is 0.0588. The first-order valence-electron chi connectivity index (χ1n) is 7.26. The van der Waals surface area contributed by atoms with Gasteiger partial charge in [0, 0.05) is 27.6 Å². The molecule has 0 aliphatic heterocycles. The van der Waals surface area contributed by atoms with Gasteiger partial charge in [-0.2, -0.15) is 0 Å². The van der Waals surface area contributed by atoms with Gasteiger partial charge >= 0.3 is 0 Å². The summed E-state index contributed by atoms with van der Waals surface area (Å²) in [6.45, 7) is 0.